The van der Waals surface area contributed by atoms with Gasteiger partial charge < -0.3 is 0 Å². The van der Waals surface area contributed by atoms with E-state index in [0.717, 1.165) is 47.3 Å². The first kappa shape index (κ1) is 24.0. The third-order valence-electron chi connectivity index (χ3n) is 8.54. The van der Waals surface area contributed by atoms with Crippen LogP contribution in [-0.4, -0.2) is 0 Å². The molecule has 0 aromatic rings. The van der Waals surface area contributed by atoms with E-state index in [-0.39, 0.29) is 0 Å². The van der Waals surface area contributed by atoms with Gasteiger partial charge in [0.1, 0.15) is 0 Å². The Kier molecular flexibility index (Phi) is 11.5. The van der Waals surface area contributed by atoms with E-state index in [9.17, 15) is 0 Å². The summed E-state index contributed by atoms with van der Waals surface area (Å²) >= 11 is 0. The van der Waals surface area contributed by atoms with Crippen molar-refractivity contribution in [2.75, 3.05) is 0 Å². The van der Waals surface area contributed by atoms with Gasteiger partial charge in [-0.05, 0) is 66.6 Å². The van der Waals surface area contributed by atoms with Gasteiger partial charge >= 0.3 is 0 Å². The van der Waals surface area contributed by atoms with E-state index in [1.165, 1.54) is 64.2 Å². The van der Waals surface area contributed by atoms with Crippen molar-refractivity contribution in [1.82, 2.24) is 0 Å². The van der Waals surface area contributed by atoms with Crippen molar-refractivity contribution in [3.63, 3.8) is 0 Å². The van der Waals surface area contributed by atoms with Crippen LogP contribution in [0, 0.1) is 47.3 Å². The standard InChI is InChI=1S/C26H52/c1-9-20(5)26(19(3)4)16-12-13-21(6)23(8)24(10-2)17-18-25-15-11-14-22(25)7/h19-26H,9-18H2,1-8H3. The summed E-state index contributed by atoms with van der Waals surface area (Å²) in [6.07, 6.45) is 14.5. The molecule has 0 radical (unpaired) electrons. The molecule has 7 atom stereocenters. The number of hydrogen-bond donors (Lipinski definition) is 0. The summed E-state index contributed by atoms with van der Waals surface area (Å²) in [7, 11) is 0. The second-order valence-corrected chi connectivity index (χ2v) is 10.5. The van der Waals surface area contributed by atoms with Crippen LogP contribution in [0.3, 0.4) is 0 Å². The Morgan fingerprint density at radius 2 is 1.50 bits per heavy atom. The largest absolute Gasteiger partial charge is 0.0651 e. The normalized spacial score (nSPS) is 26.7. The average molecular weight is 365 g/mol. The predicted octanol–water partition coefficient (Wildman–Crippen LogP) is 8.99. The van der Waals surface area contributed by atoms with E-state index in [1.54, 1.807) is 0 Å². The molecule has 1 aliphatic rings. The second-order valence-electron chi connectivity index (χ2n) is 10.5. The van der Waals surface area contributed by atoms with E-state index in [4.69, 9.17) is 0 Å². The maximum atomic E-state index is 2.56. The topological polar surface area (TPSA) is 0 Å². The van der Waals surface area contributed by atoms with Gasteiger partial charge in [-0.15, -0.1) is 0 Å². The van der Waals surface area contributed by atoms with Gasteiger partial charge in [-0.25, -0.2) is 0 Å². The van der Waals surface area contributed by atoms with Crippen LogP contribution in [-0.2, 0) is 0 Å². The summed E-state index contributed by atoms with van der Waals surface area (Å²) in [5.41, 5.74) is 0. The molecule has 1 aliphatic carbocycles. The van der Waals surface area contributed by atoms with Crippen LogP contribution < -0.4 is 0 Å². The zero-order chi connectivity index (χ0) is 19.7. The lowest BCUT2D eigenvalue weighted by molar-refractivity contribution is 0.195. The van der Waals surface area contributed by atoms with Gasteiger partial charge in [0.2, 0.25) is 0 Å². The molecule has 1 rings (SSSR count). The van der Waals surface area contributed by atoms with Crippen LogP contribution in [0.25, 0.3) is 0 Å². The molecule has 1 saturated carbocycles. The van der Waals surface area contributed by atoms with E-state index >= 15 is 0 Å². The Morgan fingerprint density at radius 1 is 0.808 bits per heavy atom. The van der Waals surface area contributed by atoms with Crippen LogP contribution in [0.15, 0.2) is 0 Å². The zero-order valence-corrected chi connectivity index (χ0v) is 19.7. The molecule has 26 heavy (non-hydrogen) atoms. The van der Waals surface area contributed by atoms with Gasteiger partial charge in [0.15, 0.2) is 0 Å². The maximum absolute atomic E-state index is 2.56. The fraction of sp³-hybridized carbons (Fsp3) is 1.00. The summed E-state index contributed by atoms with van der Waals surface area (Å²) in [5, 5.41) is 0. The molecule has 0 heteroatoms. The monoisotopic (exact) mass is 364 g/mol. The summed E-state index contributed by atoms with van der Waals surface area (Å²) < 4.78 is 0. The highest BCUT2D eigenvalue weighted by molar-refractivity contribution is 4.78. The summed E-state index contributed by atoms with van der Waals surface area (Å²) in [4.78, 5) is 0. The van der Waals surface area contributed by atoms with Crippen LogP contribution in [0.2, 0.25) is 0 Å². The number of rotatable bonds is 13. The van der Waals surface area contributed by atoms with Gasteiger partial charge in [0.25, 0.3) is 0 Å². The molecule has 0 bridgehead atoms. The van der Waals surface area contributed by atoms with Crippen LogP contribution in [0.1, 0.15) is 120 Å². The Hall–Kier alpha value is 0. The highest BCUT2D eigenvalue weighted by atomic mass is 14.3. The molecule has 0 aliphatic heterocycles. The van der Waals surface area contributed by atoms with Crippen LogP contribution >= 0.6 is 0 Å². The average Bonchev–Trinajstić information content (AvgIpc) is 3.02. The highest BCUT2D eigenvalue weighted by Gasteiger charge is 2.27. The Labute approximate surface area is 167 Å². The first-order chi connectivity index (χ1) is 12.3. The molecule has 0 aromatic heterocycles. The molecule has 0 heterocycles. The summed E-state index contributed by atoms with van der Waals surface area (Å²) in [5.74, 6) is 7.43. The fourth-order valence-electron chi connectivity index (χ4n) is 5.90. The highest BCUT2D eigenvalue weighted by Crippen LogP contribution is 2.38. The second kappa shape index (κ2) is 12.5. The van der Waals surface area contributed by atoms with E-state index < -0.39 is 0 Å². The quantitative estimate of drug-likeness (QED) is 0.306. The smallest absolute Gasteiger partial charge is 0.0365 e. The van der Waals surface area contributed by atoms with Crippen molar-refractivity contribution in [2.24, 2.45) is 47.3 Å². The predicted molar refractivity (Wildman–Crippen MR) is 119 cm³/mol. The third kappa shape index (κ3) is 7.55. The Balaban J connectivity index is 2.39. The summed E-state index contributed by atoms with van der Waals surface area (Å²) in [6, 6.07) is 0. The first-order valence-electron chi connectivity index (χ1n) is 12.3. The Bertz CT molecular complexity index is 344. The van der Waals surface area contributed by atoms with Crippen molar-refractivity contribution >= 4 is 0 Å². The molecule has 0 amide bonds. The molecule has 0 saturated heterocycles. The lowest BCUT2D eigenvalue weighted by Gasteiger charge is -2.31. The van der Waals surface area contributed by atoms with Gasteiger partial charge in [-0.2, -0.15) is 0 Å². The lowest BCUT2D eigenvalue weighted by Crippen LogP contribution is -2.21. The molecular weight excluding hydrogens is 312 g/mol. The molecule has 7 unspecified atom stereocenters. The maximum Gasteiger partial charge on any atom is -0.0365 e. The van der Waals surface area contributed by atoms with Crippen molar-refractivity contribution < 1.29 is 0 Å². The minimum absolute atomic E-state index is 0.842. The van der Waals surface area contributed by atoms with Gasteiger partial charge in [-0.1, -0.05) is 100 Å². The van der Waals surface area contributed by atoms with Crippen LogP contribution in [0.4, 0.5) is 0 Å². The summed E-state index contributed by atoms with van der Waals surface area (Å²) in [6.45, 7) is 19.7. The molecule has 0 N–H and O–H groups in total. The SMILES string of the molecule is CCC(C)C(CCCC(C)C(C)C(CC)CCC1CCCC1C)C(C)C. The van der Waals surface area contributed by atoms with E-state index in [1.807, 2.05) is 0 Å². The zero-order valence-electron chi connectivity index (χ0n) is 19.7. The molecule has 1 fully saturated rings. The number of hydrogen-bond acceptors (Lipinski definition) is 0. The van der Waals surface area contributed by atoms with Crippen molar-refractivity contribution in [3.05, 3.63) is 0 Å². The first-order valence-corrected chi connectivity index (χ1v) is 12.3. The minimum atomic E-state index is 0.842. The van der Waals surface area contributed by atoms with E-state index in [0.29, 0.717) is 0 Å². The third-order valence-corrected chi connectivity index (χ3v) is 8.54. The lowest BCUT2D eigenvalue weighted by atomic mass is 9.75. The minimum Gasteiger partial charge on any atom is -0.0651 e. The molecule has 0 aromatic carbocycles. The fourth-order valence-corrected chi connectivity index (χ4v) is 5.90. The van der Waals surface area contributed by atoms with E-state index in [2.05, 4.69) is 55.4 Å². The van der Waals surface area contributed by atoms with Crippen molar-refractivity contribution in [2.45, 2.75) is 120 Å². The Morgan fingerprint density at radius 3 is 2.00 bits per heavy atom. The molecule has 0 spiro atoms. The van der Waals surface area contributed by atoms with Crippen molar-refractivity contribution in [1.29, 1.82) is 0 Å². The van der Waals surface area contributed by atoms with Gasteiger partial charge in [0.05, 0.1) is 0 Å². The van der Waals surface area contributed by atoms with Gasteiger partial charge in [0, 0.05) is 0 Å². The molecular formula is C26H52. The molecule has 0 nitrogen and oxygen atoms in total. The van der Waals surface area contributed by atoms with Crippen LogP contribution in [0.5, 0.6) is 0 Å². The van der Waals surface area contributed by atoms with Crippen molar-refractivity contribution in [3.8, 4) is 0 Å². The molecule has 156 valence electrons. The van der Waals surface area contributed by atoms with Gasteiger partial charge in [-0.3, -0.25) is 0 Å².